The number of hydrogen-bond acceptors (Lipinski definition) is 4. The van der Waals surface area contributed by atoms with Gasteiger partial charge >= 0.3 is 12.1 Å². The highest BCUT2D eigenvalue weighted by atomic mass is 16.4. The molecule has 1 saturated heterocycles. The molecule has 2 rings (SSSR count). The molecule has 3 amide bonds. The van der Waals surface area contributed by atoms with Gasteiger partial charge in [0.15, 0.2) is 0 Å². The number of likely N-dealkylation sites (tertiary alicyclic amines) is 1. The molecule has 1 aromatic rings. The van der Waals surface area contributed by atoms with Crippen LogP contribution >= 0.6 is 0 Å². The maximum absolute atomic E-state index is 13.3. The third-order valence-corrected chi connectivity index (χ3v) is 5.24. The van der Waals surface area contributed by atoms with Crippen molar-refractivity contribution < 1.29 is 19.3 Å². The van der Waals surface area contributed by atoms with Crippen LogP contribution < -0.4 is 5.01 Å². The molecule has 3 unspecified atom stereocenters. The minimum Gasteiger partial charge on any atom is -0.461 e. The van der Waals surface area contributed by atoms with E-state index < -0.39 is 6.09 Å². The van der Waals surface area contributed by atoms with Gasteiger partial charge in [-0.05, 0) is 25.2 Å². The fourth-order valence-corrected chi connectivity index (χ4v) is 4.15. The molecule has 0 aromatic carbocycles. The fraction of sp³-hybridized carbons (Fsp3) is 0.750. The van der Waals surface area contributed by atoms with E-state index in [1.165, 1.54) is 11.2 Å². The van der Waals surface area contributed by atoms with Crippen LogP contribution in [-0.4, -0.2) is 68.6 Å². The number of carbonyl (C=O) groups excluding carboxylic acids is 1. The standard InChI is InChI=1S/C16H28N6O3/c1-11-12(16(2,3)4)8-7-9-22(11,14(23)20(5)6)21(15(24)25)13-17-10-18-19-13/h10-12H,7-9H2,1-6H3,(H-,17,18,19,24,25)/p+1. The number of anilines is 1. The number of aromatic nitrogens is 3. The van der Waals surface area contributed by atoms with Crippen molar-refractivity contribution in [3.63, 3.8) is 0 Å². The SMILES string of the molecule is CC1C(C(C)(C)C)CCC[N+]1(C(=O)N(C)C)N(C(=O)O)c1ncn[nH]1. The van der Waals surface area contributed by atoms with Crippen molar-refractivity contribution in [2.75, 3.05) is 25.6 Å². The molecule has 9 nitrogen and oxygen atoms in total. The lowest BCUT2D eigenvalue weighted by Gasteiger charge is -2.52. The molecule has 1 aliphatic heterocycles. The van der Waals surface area contributed by atoms with Gasteiger partial charge in [0, 0.05) is 20.0 Å². The Bertz CT molecular complexity index is 624. The predicted molar refractivity (Wildman–Crippen MR) is 92.7 cm³/mol. The smallest absolute Gasteiger partial charge is 0.460 e. The molecule has 0 aliphatic carbocycles. The number of quaternary nitrogens is 1. The molecule has 2 heterocycles. The van der Waals surface area contributed by atoms with Gasteiger partial charge in [0.05, 0.1) is 0 Å². The zero-order valence-corrected chi connectivity index (χ0v) is 15.9. The second kappa shape index (κ2) is 6.62. The molecule has 0 spiro atoms. The van der Waals surface area contributed by atoms with Crippen LogP contribution in [0.15, 0.2) is 6.33 Å². The van der Waals surface area contributed by atoms with Gasteiger partial charge in [0.25, 0.3) is 5.95 Å². The first-order valence-corrected chi connectivity index (χ1v) is 8.52. The minimum absolute atomic E-state index is 0.0541. The summed E-state index contributed by atoms with van der Waals surface area (Å²) in [7, 11) is 3.30. The fourth-order valence-electron chi connectivity index (χ4n) is 4.15. The molecule has 9 heteroatoms. The summed E-state index contributed by atoms with van der Waals surface area (Å²) in [6, 6.07) is -0.509. The van der Waals surface area contributed by atoms with Gasteiger partial charge in [-0.25, -0.2) is 14.7 Å². The van der Waals surface area contributed by atoms with Gasteiger partial charge in [-0.3, -0.25) is 4.90 Å². The van der Waals surface area contributed by atoms with E-state index in [4.69, 9.17) is 0 Å². The van der Waals surface area contributed by atoms with Crippen LogP contribution in [0, 0.1) is 11.3 Å². The molecule has 1 fully saturated rings. The predicted octanol–water partition coefficient (Wildman–Crippen LogP) is 2.55. The van der Waals surface area contributed by atoms with Crippen LogP contribution in [0.25, 0.3) is 0 Å². The van der Waals surface area contributed by atoms with Crippen LogP contribution in [0.4, 0.5) is 15.5 Å². The zero-order valence-electron chi connectivity index (χ0n) is 15.9. The van der Waals surface area contributed by atoms with Crippen LogP contribution in [-0.2, 0) is 0 Å². The van der Waals surface area contributed by atoms with Crippen LogP contribution in [0.5, 0.6) is 0 Å². The Morgan fingerprint density at radius 3 is 2.44 bits per heavy atom. The monoisotopic (exact) mass is 353 g/mol. The van der Waals surface area contributed by atoms with E-state index in [-0.39, 0.29) is 33.9 Å². The number of hydrogen-bond donors (Lipinski definition) is 2. The Morgan fingerprint density at radius 2 is 2.00 bits per heavy atom. The Hall–Kier alpha value is -2.16. The molecule has 1 aromatic heterocycles. The zero-order chi connectivity index (χ0) is 19.0. The second-order valence-corrected chi connectivity index (χ2v) is 7.99. The van der Waals surface area contributed by atoms with Crippen molar-refractivity contribution in [1.29, 1.82) is 0 Å². The van der Waals surface area contributed by atoms with Crippen molar-refractivity contribution in [3.05, 3.63) is 6.33 Å². The molecule has 1 aliphatic rings. The van der Waals surface area contributed by atoms with Gasteiger partial charge in [-0.15, -0.1) is 4.59 Å². The minimum atomic E-state index is -1.23. The molecule has 2 N–H and O–H groups in total. The van der Waals surface area contributed by atoms with Crippen LogP contribution in [0.3, 0.4) is 0 Å². The summed E-state index contributed by atoms with van der Waals surface area (Å²) in [5.74, 6) is 0.235. The van der Waals surface area contributed by atoms with Gasteiger partial charge in [0.2, 0.25) is 0 Å². The third kappa shape index (κ3) is 3.20. The number of carbonyl (C=O) groups is 2. The number of rotatable bonds is 1. The number of aromatic amines is 1. The first kappa shape index (κ1) is 19.2. The third-order valence-electron chi connectivity index (χ3n) is 5.24. The van der Waals surface area contributed by atoms with Crippen molar-refractivity contribution in [2.45, 2.75) is 46.6 Å². The number of amides is 3. The van der Waals surface area contributed by atoms with E-state index in [9.17, 15) is 14.7 Å². The molecule has 25 heavy (non-hydrogen) atoms. The van der Waals surface area contributed by atoms with E-state index in [0.717, 1.165) is 17.9 Å². The van der Waals surface area contributed by atoms with E-state index in [1.54, 1.807) is 14.1 Å². The highest BCUT2D eigenvalue weighted by Gasteiger charge is 2.59. The quantitative estimate of drug-likeness (QED) is 0.755. The molecule has 0 saturated carbocycles. The van der Waals surface area contributed by atoms with Crippen molar-refractivity contribution in [1.82, 2.24) is 20.1 Å². The maximum atomic E-state index is 13.3. The average molecular weight is 353 g/mol. The topological polar surface area (TPSA) is 102 Å². The average Bonchev–Trinajstić information content (AvgIpc) is 3.00. The van der Waals surface area contributed by atoms with E-state index >= 15 is 0 Å². The summed E-state index contributed by atoms with van der Waals surface area (Å²) in [5.41, 5.74) is -0.0541. The lowest BCUT2D eigenvalue weighted by Crippen LogP contribution is -2.75. The molecular weight excluding hydrogens is 324 g/mol. The summed E-state index contributed by atoms with van der Waals surface area (Å²) >= 11 is 0. The second-order valence-electron chi connectivity index (χ2n) is 7.99. The molecule has 140 valence electrons. The van der Waals surface area contributed by atoms with Crippen LogP contribution in [0.1, 0.15) is 40.5 Å². The Kier molecular flexibility index (Phi) is 5.08. The number of urea groups is 1. The number of nitrogens with zero attached hydrogens (tertiary/aromatic N) is 5. The highest BCUT2D eigenvalue weighted by molar-refractivity contribution is 5.84. The summed E-state index contributed by atoms with van der Waals surface area (Å²) in [6.45, 7) is 8.76. The summed E-state index contributed by atoms with van der Waals surface area (Å²) in [6.07, 6.45) is 1.73. The van der Waals surface area contributed by atoms with Gasteiger partial charge in [0.1, 0.15) is 18.9 Å². The van der Waals surface area contributed by atoms with E-state index in [1.807, 2.05) is 6.92 Å². The van der Waals surface area contributed by atoms with Gasteiger partial charge in [-0.2, -0.15) is 10.1 Å². The summed E-state index contributed by atoms with van der Waals surface area (Å²) < 4.78 is -0.334. The first-order chi connectivity index (χ1) is 11.5. The largest absolute Gasteiger partial charge is 0.461 e. The normalized spacial score (nSPS) is 27.0. The molecule has 3 atom stereocenters. The molecule has 0 radical (unpaired) electrons. The van der Waals surface area contributed by atoms with E-state index in [2.05, 4.69) is 36.0 Å². The summed E-state index contributed by atoms with van der Waals surface area (Å²) in [5, 5.41) is 17.4. The Labute approximate surface area is 148 Å². The van der Waals surface area contributed by atoms with Crippen LogP contribution in [0.2, 0.25) is 0 Å². The number of piperidine rings is 1. The maximum Gasteiger partial charge on any atom is 0.460 e. The van der Waals surface area contributed by atoms with Gasteiger partial charge < -0.3 is 5.11 Å². The number of nitrogens with one attached hydrogen (secondary N) is 1. The number of carboxylic acid groups (broad SMARTS) is 1. The number of H-pyrrole nitrogens is 1. The lowest BCUT2D eigenvalue weighted by atomic mass is 9.71. The van der Waals surface area contributed by atoms with E-state index in [0.29, 0.717) is 6.54 Å². The molecule has 0 bridgehead atoms. The highest BCUT2D eigenvalue weighted by Crippen LogP contribution is 2.43. The van der Waals surface area contributed by atoms with Gasteiger partial charge in [-0.1, -0.05) is 25.8 Å². The van der Waals surface area contributed by atoms with Crippen molar-refractivity contribution >= 4 is 18.1 Å². The van der Waals surface area contributed by atoms with Crippen molar-refractivity contribution in [3.8, 4) is 0 Å². The first-order valence-electron chi connectivity index (χ1n) is 8.52. The Balaban J connectivity index is 2.65. The summed E-state index contributed by atoms with van der Waals surface area (Å²) in [4.78, 5) is 30.9. The lowest BCUT2D eigenvalue weighted by molar-refractivity contribution is -0.890. The Morgan fingerprint density at radius 1 is 1.36 bits per heavy atom. The van der Waals surface area contributed by atoms with Crippen molar-refractivity contribution in [2.24, 2.45) is 11.3 Å². The molecular formula is C16H29N6O3+.